The first-order chi connectivity index (χ1) is 14.5. The number of furan rings is 1. The molecule has 1 aromatic carbocycles. The summed E-state index contributed by atoms with van der Waals surface area (Å²) in [5.74, 6) is 0.582. The molecule has 2 aliphatic heterocycles. The molecule has 7 nitrogen and oxygen atoms in total. The van der Waals surface area contributed by atoms with Gasteiger partial charge in [-0.3, -0.25) is 14.5 Å². The van der Waals surface area contributed by atoms with Crippen LogP contribution in [0.5, 0.6) is 11.5 Å². The number of carbonyl (C=O) groups is 2. The molecule has 30 heavy (non-hydrogen) atoms. The number of nitrogens with zero attached hydrogens (tertiary/aromatic N) is 2. The van der Waals surface area contributed by atoms with Crippen LogP contribution in [0.4, 0.5) is 0 Å². The SMILES string of the molecule is COc1cccc(CN2CCC[C@@]3(CCN(C(=O)C(=O)c4ccco4)C3)C2)c1OC. The van der Waals surface area contributed by atoms with E-state index >= 15 is 0 Å². The van der Waals surface area contributed by atoms with Crippen molar-refractivity contribution in [1.82, 2.24) is 9.80 Å². The number of methoxy groups -OCH3 is 2. The van der Waals surface area contributed by atoms with E-state index in [-0.39, 0.29) is 11.2 Å². The fourth-order valence-electron chi connectivity index (χ4n) is 4.86. The molecule has 1 aromatic heterocycles. The van der Waals surface area contributed by atoms with Gasteiger partial charge in [-0.15, -0.1) is 0 Å². The normalized spacial score (nSPS) is 21.7. The minimum absolute atomic E-state index is 0.0312. The van der Waals surface area contributed by atoms with Gasteiger partial charge < -0.3 is 18.8 Å². The van der Waals surface area contributed by atoms with Crippen molar-refractivity contribution < 1.29 is 23.5 Å². The summed E-state index contributed by atoms with van der Waals surface area (Å²) in [4.78, 5) is 29.2. The standard InChI is InChI=1S/C23H28N2O5/c1-28-19-7-3-6-17(21(19)29-2)14-24-11-5-9-23(15-24)10-12-25(16-23)22(27)20(26)18-8-4-13-30-18/h3-4,6-8,13H,5,9-12,14-16H2,1-2H3/t23-/m1/s1. The van der Waals surface area contributed by atoms with Crippen LogP contribution < -0.4 is 9.47 Å². The lowest BCUT2D eigenvalue weighted by atomic mass is 9.79. The van der Waals surface area contributed by atoms with Gasteiger partial charge in [0.25, 0.3) is 11.7 Å². The average Bonchev–Trinajstić information content (AvgIpc) is 3.43. The summed E-state index contributed by atoms with van der Waals surface area (Å²) in [6.07, 6.45) is 4.46. The molecule has 2 aromatic rings. The second-order valence-corrected chi connectivity index (χ2v) is 8.25. The van der Waals surface area contributed by atoms with Gasteiger partial charge in [-0.2, -0.15) is 0 Å². The van der Waals surface area contributed by atoms with E-state index in [1.807, 2.05) is 12.1 Å². The number of hydrogen-bond donors (Lipinski definition) is 0. The highest BCUT2D eigenvalue weighted by atomic mass is 16.5. The summed E-state index contributed by atoms with van der Waals surface area (Å²) >= 11 is 0. The quantitative estimate of drug-likeness (QED) is 0.537. The molecule has 160 valence electrons. The Morgan fingerprint density at radius 2 is 1.93 bits per heavy atom. The molecule has 1 spiro atoms. The molecule has 0 radical (unpaired) electrons. The summed E-state index contributed by atoms with van der Waals surface area (Å²) in [6.45, 7) is 3.89. The number of hydrogen-bond acceptors (Lipinski definition) is 6. The maximum atomic E-state index is 12.7. The van der Waals surface area contributed by atoms with Crippen LogP contribution in [-0.2, 0) is 11.3 Å². The van der Waals surface area contributed by atoms with E-state index in [9.17, 15) is 9.59 Å². The van der Waals surface area contributed by atoms with Crippen LogP contribution in [0.15, 0.2) is 41.0 Å². The smallest absolute Gasteiger partial charge is 0.298 e. The molecule has 0 aliphatic carbocycles. The van der Waals surface area contributed by atoms with Crippen molar-refractivity contribution in [1.29, 1.82) is 0 Å². The number of Topliss-reactive ketones (excluding diaryl/α,β-unsaturated/α-hetero) is 1. The van der Waals surface area contributed by atoms with Crippen molar-refractivity contribution in [2.45, 2.75) is 25.8 Å². The third-order valence-corrected chi connectivity index (χ3v) is 6.28. The number of benzene rings is 1. The van der Waals surface area contributed by atoms with Gasteiger partial charge in [0, 0.05) is 37.2 Å². The molecule has 1 atom stereocenters. The summed E-state index contributed by atoms with van der Waals surface area (Å²) in [5.41, 5.74) is 1.12. The lowest BCUT2D eigenvalue weighted by Gasteiger charge is -2.40. The Morgan fingerprint density at radius 3 is 2.67 bits per heavy atom. The van der Waals surface area contributed by atoms with E-state index < -0.39 is 11.7 Å². The Hall–Kier alpha value is -2.80. The van der Waals surface area contributed by atoms with Gasteiger partial charge in [-0.25, -0.2) is 0 Å². The van der Waals surface area contributed by atoms with Crippen LogP contribution >= 0.6 is 0 Å². The number of likely N-dealkylation sites (tertiary alicyclic amines) is 2. The molecule has 2 aliphatic rings. The van der Waals surface area contributed by atoms with Gasteiger partial charge >= 0.3 is 0 Å². The van der Waals surface area contributed by atoms with E-state index in [0.29, 0.717) is 13.1 Å². The maximum Gasteiger partial charge on any atom is 0.298 e. The minimum atomic E-state index is -0.564. The third kappa shape index (κ3) is 3.94. The van der Waals surface area contributed by atoms with Crippen molar-refractivity contribution in [3.63, 3.8) is 0 Å². The Labute approximate surface area is 176 Å². The van der Waals surface area contributed by atoms with Crippen LogP contribution in [0.3, 0.4) is 0 Å². The van der Waals surface area contributed by atoms with Gasteiger partial charge in [-0.05, 0) is 44.0 Å². The Morgan fingerprint density at radius 1 is 1.07 bits per heavy atom. The number of ketones is 1. The first-order valence-electron chi connectivity index (χ1n) is 10.3. The zero-order valence-electron chi connectivity index (χ0n) is 17.6. The Bertz CT molecular complexity index is 910. The molecule has 1 amide bonds. The van der Waals surface area contributed by atoms with Crippen LogP contribution in [0, 0.1) is 5.41 Å². The molecule has 0 bridgehead atoms. The second-order valence-electron chi connectivity index (χ2n) is 8.25. The minimum Gasteiger partial charge on any atom is -0.493 e. The number of para-hydroxylation sites is 1. The van der Waals surface area contributed by atoms with Crippen molar-refractivity contribution >= 4 is 11.7 Å². The second kappa shape index (κ2) is 8.52. The highest BCUT2D eigenvalue weighted by molar-refractivity contribution is 6.41. The Kier molecular flexibility index (Phi) is 5.81. The highest BCUT2D eigenvalue weighted by Crippen LogP contribution is 2.40. The molecule has 2 fully saturated rings. The van der Waals surface area contributed by atoms with Gasteiger partial charge in [0.05, 0.1) is 20.5 Å². The summed E-state index contributed by atoms with van der Waals surface area (Å²) in [7, 11) is 3.31. The van der Waals surface area contributed by atoms with E-state index in [1.54, 1.807) is 25.2 Å². The molecular formula is C23H28N2O5. The number of rotatable bonds is 6. The topological polar surface area (TPSA) is 72.2 Å². The van der Waals surface area contributed by atoms with Crippen LogP contribution in [0.2, 0.25) is 0 Å². The maximum absolute atomic E-state index is 12.7. The fourth-order valence-corrected chi connectivity index (χ4v) is 4.86. The molecule has 7 heteroatoms. The monoisotopic (exact) mass is 412 g/mol. The fraction of sp³-hybridized carbons (Fsp3) is 0.478. The molecule has 3 heterocycles. The molecule has 0 saturated carbocycles. The number of piperidine rings is 1. The first kappa shape index (κ1) is 20.5. The zero-order valence-corrected chi connectivity index (χ0v) is 17.6. The van der Waals surface area contributed by atoms with E-state index in [1.165, 1.54) is 12.3 Å². The third-order valence-electron chi connectivity index (χ3n) is 6.28. The largest absolute Gasteiger partial charge is 0.493 e. The van der Waals surface area contributed by atoms with Gasteiger partial charge in [0.2, 0.25) is 0 Å². The van der Waals surface area contributed by atoms with Crippen LogP contribution in [0.1, 0.15) is 35.4 Å². The molecule has 4 rings (SSSR count). The van der Waals surface area contributed by atoms with Crippen molar-refractivity contribution in [3.05, 3.63) is 47.9 Å². The number of amides is 1. The highest BCUT2D eigenvalue weighted by Gasteiger charge is 2.44. The first-order valence-corrected chi connectivity index (χ1v) is 10.3. The van der Waals surface area contributed by atoms with Crippen LogP contribution in [-0.4, -0.2) is 61.9 Å². The van der Waals surface area contributed by atoms with Crippen molar-refractivity contribution in [3.8, 4) is 11.5 Å². The number of ether oxygens (including phenoxy) is 2. The lowest BCUT2D eigenvalue weighted by Crippen LogP contribution is -2.45. The van der Waals surface area contributed by atoms with Crippen molar-refractivity contribution in [2.24, 2.45) is 5.41 Å². The molecular weight excluding hydrogens is 384 g/mol. The lowest BCUT2D eigenvalue weighted by molar-refractivity contribution is -0.126. The summed E-state index contributed by atoms with van der Waals surface area (Å²) in [5, 5.41) is 0. The molecule has 0 N–H and O–H groups in total. The predicted octanol–water partition coefficient (Wildman–Crippen LogP) is 2.99. The molecule has 0 unspecified atom stereocenters. The summed E-state index contributed by atoms with van der Waals surface area (Å²) < 4.78 is 16.1. The molecule has 2 saturated heterocycles. The zero-order chi connectivity index (χ0) is 21.1. The van der Waals surface area contributed by atoms with Gasteiger partial charge in [0.1, 0.15) is 0 Å². The predicted molar refractivity (Wildman–Crippen MR) is 111 cm³/mol. The number of carbonyl (C=O) groups excluding carboxylic acids is 2. The summed E-state index contributed by atoms with van der Waals surface area (Å²) in [6, 6.07) is 9.10. The van der Waals surface area contributed by atoms with Gasteiger partial charge in [-0.1, -0.05) is 12.1 Å². The Balaban J connectivity index is 1.43. The van der Waals surface area contributed by atoms with E-state index in [2.05, 4.69) is 11.0 Å². The van der Waals surface area contributed by atoms with E-state index in [4.69, 9.17) is 13.9 Å². The van der Waals surface area contributed by atoms with Gasteiger partial charge in [0.15, 0.2) is 17.3 Å². The van der Waals surface area contributed by atoms with Crippen molar-refractivity contribution in [2.75, 3.05) is 40.4 Å². The average molecular weight is 412 g/mol. The van der Waals surface area contributed by atoms with E-state index in [0.717, 1.165) is 56.0 Å². The van der Waals surface area contributed by atoms with Crippen LogP contribution in [0.25, 0.3) is 0 Å².